The maximum absolute atomic E-state index is 11.5. The summed E-state index contributed by atoms with van der Waals surface area (Å²) in [4.78, 5) is 17.5. The summed E-state index contributed by atoms with van der Waals surface area (Å²) in [5, 5.41) is 12.2. The van der Waals surface area contributed by atoms with E-state index in [2.05, 4.69) is 38.5 Å². The summed E-state index contributed by atoms with van der Waals surface area (Å²) in [6.45, 7) is 6.04. The van der Waals surface area contributed by atoms with Crippen LogP contribution in [0.25, 0.3) is 0 Å². The van der Waals surface area contributed by atoms with Gasteiger partial charge in [0.2, 0.25) is 5.91 Å². The Labute approximate surface area is 167 Å². The van der Waals surface area contributed by atoms with E-state index >= 15 is 0 Å². The van der Waals surface area contributed by atoms with E-state index in [1.165, 1.54) is 23.8 Å². The largest absolute Gasteiger partial charge is 0.302 e. The van der Waals surface area contributed by atoms with Gasteiger partial charge in [-0.1, -0.05) is 48.2 Å². The van der Waals surface area contributed by atoms with Gasteiger partial charge in [0.05, 0.1) is 5.69 Å². The van der Waals surface area contributed by atoms with Crippen LogP contribution in [0.1, 0.15) is 24.0 Å². The van der Waals surface area contributed by atoms with Crippen LogP contribution in [-0.2, 0) is 23.5 Å². The Morgan fingerprint density at radius 1 is 1.33 bits per heavy atom. The number of thioether (sulfide) groups is 1. The van der Waals surface area contributed by atoms with Gasteiger partial charge in [-0.2, -0.15) is 0 Å². The van der Waals surface area contributed by atoms with Gasteiger partial charge < -0.3 is 4.57 Å². The fourth-order valence-electron chi connectivity index (χ4n) is 2.44. The number of hydrogen-bond acceptors (Lipinski definition) is 6. The van der Waals surface area contributed by atoms with Gasteiger partial charge in [-0.3, -0.25) is 9.69 Å². The van der Waals surface area contributed by atoms with Crippen LogP contribution in [0.15, 0.2) is 53.5 Å². The molecule has 8 heteroatoms. The van der Waals surface area contributed by atoms with E-state index in [9.17, 15) is 4.79 Å². The van der Waals surface area contributed by atoms with E-state index in [4.69, 9.17) is 0 Å². The van der Waals surface area contributed by atoms with Crippen LogP contribution >= 0.6 is 23.1 Å². The van der Waals surface area contributed by atoms with Crippen molar-refractivity contribution in [1.82, 2.24) is 19.7 Å². The number of thiazole rings is 1. The Morgan fingerprint density at radius 2 is 2.11 bits per heavy atom. The third-order valence-corrected chi connectivity index (χ3v) is 5.92. The summed E-state index contributed by atoms with van der Waals surface area (Å²) < 4.78 is 2.08. The molecular weight excluding hydrogens is 378 g/mol. The Balaban J connectivity index is 1.71. The summed E-state index contributed by atoms with van der Waals surface area (Å²) in [6, 6.07) is 10.2. The molecule has 0 saturated heterocycles. The Hall–Kier alpha value is -2.45. The second kappa shape index (κ2) is 8.96. The minimum absolute atomic E-state index is 0.0279. The lowest BCUT2D eigenvalue weighted by Gasteiger charge is -2.09. The molecule has 0 atom stereocenters. The highest BCUT2D eigenvalue weighted by atomic mass is 32.2. The lowest BCUT2D eigenvalue weighted by Crippen LogP contribution is -2.22. The van der Waals surface area contributed by atoms with Crippen LogP contribution < -0.4 is 4.90 Å². The number of rotatable bonds is 8. The molecule has 0 aliphatic carbocycles. The first-order valence-electron chi connectivity index (χ1n) is 8.47. The third-order valence-electron chi connectivity index (χ3n) is 3.96. The minimum atomic E-state index is -0.0279. The molecule has 0 spiro atoms. The lowest BCUT2D eigenvalue weighted by atomic mass is 10.1. The zero-order valence-electron chi connectivity index (χ0n) is 15.3. The average Bonchev–Trinajstić information content (AvgIpc) is 3.28. The molecule has 2 heterocycles. The van der Waals surface area contributed by atoms with Crippen LogP contribution in [0.4, 0.5) is 5.13 Å². The first-order valence-corrected chi connectivity index (χ1v) is 10.3. The van der Waals surface area contributed by atoms with Gasteiger partial charge in [-0.25, -0.2) is 4.98 Å². The molecule has 0 unspecified atom stereocenters. The smallest absolute Gasteiger partial charge is 0.225 e. The van der Waals surface area contributed by atoms with Crippen molar-refractivity contribution in [3.63, 3.8) is 0 Å². The molecular formula is C19H21N5OS2. The highest BCUT2D eigenvalue weighted by Crippen LogP contribution is 2.26. The van der Waals surface area contributed by atoms with E-state index in [1.54, 1.807) is 23.7 Å². The van der Waals surface area contributed by atoms with Crippen LogP contribution in [0, 0.1) is 0 Å². The first kappa shape index (κ1) is 19.3. The monoisotopic (exact) mass is 399 g/mol. The molecule has 3 aromatic rings. The van der Waals surface area contributed by atoms with Crippen molar-refractivity contribution in [3.8, 4) is 0 Å². The molecule has 2 aromatic heterocycles. The molecule has 27 heavy (non-hydrogen) atoms. The van der Waals surface area contributed by atoms with E-state index in [0.29, 0.717) is 17.4 Å². The number of anilines is 1. The molecule has 0 bridgehead atoms. The van der Waals surface area contributed by atoms with Crippen LogP contribution in [0.3, 0.4) is 0 Å². The van der Waals surface area contributed by atoms with Crippen molar-refractivity contribution in [2.45, 2.75) is 30.8 Å². The first-order chi connectivity index (χ1) is 13.1. The summed E-state index contributed by atoms with van der Waals surface area (Å²) in [5.41, 5.74) is 2.12. The second-order valence-electron chi connectivity index (χ2n) is 5.95. The quantitative estimate of drug-likeness (QED) is 0.426. The standard InChI is InChI=1S/C19H21N5OS2/c1-4-10-24-17(11-15-8-6-5-7-9-15)21-22-19(24)27-13-16-12-26-18(20-16)23(3)14(2)25/h4-9,12H,1,10-11,13H2,2-3H3. The van der Waals surface area contributed by atoms with Gasteiger partial charge in [0.15, 0.2) is 10.3 Å². The van der Waals surface area contributed by atoms with Crippen molar-refractivity contribution in [3.05, 3.63) is 65.4 Å². The van der Waals surface area contributed by atoms with Crippen molar-refractivity contribution < 1.29 is 4.79 Å². The fourth-order valence-corrected chi connectivity index (χ4v) is 4.24. The summed E-state index contributed by atoms with van der Waals surface area (Å²) in [7, 11) is 1.73. The predicted octanol–water partition coefficient (Wildman–Crippen LogP) is 3.79. The van der Waals surface area contributed by atoms with Crippen LogP contribution in [0.2, 0.25) is 0 Å². The Bertz CT molecular complexity index is 919. The normalized spacial score (nSPS) is 10.7. The maximum atomic E-state index is 11.5. The number of aromatic nitrogens is 4. The van der Waals surface area contributed by atoms with Crippen LogP contribution in [-0.4, -0.2) is 32.7 Å². The molecule has 0 saturated carbocycles. The molecule has 0 aliphatic heterocycles. The molecule has 1 amide bonds. The molecule has 1 aromatic carbocycles. The minimum Gasteiger partial charge on any atom is -0.302 e. The zero-order chi connectivity index (χ0) is 19.2. The summed E-state index contributed by atoms with van der Waals surface area (Å²) in [6.07, 6.45) is 2.58. The van der Waals surface area contributed by atoms with Gasteiger partial charge >= 0.3 is 0 Å². The Morgan fingerprint density at radius 3 is 2.81 bits per heavy atom. The van der Waals surface area contributed by atoms with Gasteiger partial charge in [-0.15, -0.1) is 28.1 Å². The van der Waals surface area contributed by atoms with Gasteiger partial charge in [-0.05, 0) is 5.56 Å². The molecule has 6 nitrogen and oxygen atoms in total. The third kappa shape index (κ3) is 4.84. The summed E-state index contributed by atoms with van der Waals surface area (Å²) in [5.74, 6) is 1.56. The lowest BCUT2D eigenvalue weighted by molar-refractivity contribution is -0.116. The molecule has 0 aliphatic rings. The second-order valence-corrected chi connectivity index (χ2v) is 7.73. The SMILES string of the molecule is C=CCn1c(Cc2ccccc2)nnc1SCc1csc(N(C)C(C)=O)n1. The number of hydrogen-bond donors (Lipinski definition) is 0. The van der Waals surface area contributed by atoms with Crippen molar-refractivity contribution in [2.75, 3.05) is 11.9 Å². The highest BCUT2D eigenvalue weighted by molar-refractivity contribution is 7.98. The van der Waals surface area contributed by atoms with E-state index in [0.717, 1.165) is 23.1 Å². The summed E-state index contributed by atoms with van der Waals surface area (Å²) >= 11 is 3.05. The average molecular weight is 400 g/mol. The number of benzene rings is 1. The van der Waals surface area contributed by atoms with Gasteiger partial charge in [0.25, 0.3) is 0 Å². The fraction of sp³-hybridized carbons (Fsp3) is 0.263. The van der Waals surface area contributed by atoms with E-state index < -0.39 is 0 Å². The van der Waals surface area contributed by atoms with Crippen molar-refractivity contribution in [1.29, 1.82) is 0 Å². The number of carbonyl (C=O) groups excluding carboxylic acids is 1. The van der Waals surface area contributed by atoms with Crippen LogP contribution in [0.5, 0.6) is 0 Å². The number of allylic oxidation sites excluding steroid dienone is 1. The number of amides is 1. The van der Waals surface area contributed by atoms with Gasteiger partial charge in [0, 0.05) is 38.1 Å². The van der Waals surface area contributed by atoms with Crippen molar-refractivity contribution in [2.24, 2.45) is 0 Å². The zero-order valence-corrected chi connectivity index (χ0v) is 17.0. The molecule has 140 valence electrons. The molecule has 0 radical (unpaired) electrons. The molecule has 0 fully saturated rings. The van der Waals surface area contributed by atoms with Crippen molar-refractivity contribution >= 4 is 34.1 Å². The number of carbonyl (C=O) groups is 1. The highest BCUT2D eigenvalue weighted by Gasteiger charge is 2.14. The van der Waals surface area contributed by atoms with E-state index in [1.807, 2.05) is 29.7 Å². The molecule has 3 rings (SSSR count). The Kier molecular flexibility index (Phi) is 6.41. The van der Waals surface area contributed by atoms with E-state index in [-0.39, 0.29) is 5.91 Å². The maximum Gasteiger partial charge on any atom is 0.225 e. The predicted molar refractivity (Wildman–Crippen MR) is 110 cm³/mol. The number of nitrogens with zero attached hydrogens (tertiary/aromatic N) is 5. The molecule has 0 N–H and O–H groups in total. The van der Waals surface area contributed by atoms with Gasteiger partial charge in [0.1, 0.15) is 5.82 Å². The topological polar surface area (TPSA) is 63.9 Å².